The third-order valence-corrected chi connectivity index (χ3v) is 7.47. The second-order valence-electron chi connectivity index (χ2n) is 8.31. The quantitative estimate of drug-likeness (QED) is 0.671. The molecule has 2 saturated carbocycles. The molecule has 2 N–H and O–H groups in total. The Labute approximate surface area is 168 Å². The number of hydrogen-bond donors (Lipinski definition) is 1. The minimum absolute atomic E-state index is 0.0408. The van der Waals surface area contributed by atoms with E-state index in [4.69, 9.17) is 9.88 Å². The van der Waals surface area contributed by atoms with E-state index in [0.717, 1.165) is 22.7 Å². The van der Waals surface area contributed by atoms with Crippen molar-refractivity contribution in [1.82, 2.24) is 0 Å². The zero-order valence-electron chi connectivity index (χ0n) is 15.9. The van der Waals surface area contributed by atoms with Crippen LogP contribution >= 0.6 is 11.9 Å². The normalized spacial score (nSPS) is 19.3. The molecule has 0 atom stereocenters. The number of benzene rings is 2. The molecule has 6 heteroatoms. The molecule has 2 aliphatic carbocycles. The van der Waals surface area contributed by atoms with Crippen molar-refractivity contribution in [3.8, 4) is 16.9 Å². The summed E-state index contributed by atoms with van der Waals surface area (Å²) in [4.78, 5) is 3.37. The SMILES string of the molecule is CCN(c1cc2c(cc1SN)-c1ccc(F)c(F)c1CO2)C1CC2(CCC2)C1. The van der Waals surface area contributed by atoms with Crippen molar-refractivity contribution in [3.05, 3.63) is 41.5 Å². The maximum Gasteiger partial charge on any atom is 0.166 e. The molecule has 28 heavy (non-hydrogen) atoms. The Hall–Kier alpha value is -1.79. The zero-order valence-corrected chi connectivity index (χ0v) is 16.7. The van der Waals surface area contributed by atoms with Gasteiger partial charge in [-0.05, 0) is 67.7 Å². The Bertz CT molecular complexity index is 937. The van der Waals surface area contributed by atoms with E-state index < -0.39 is 11.6 Å². The third kappa shape index (κ3) is 2.65. The number of nitrogens with two attached hydrogens (primary N) is 1. The van der Waals surface area contributed by atoms with E-state index in [9.17, 15) is 8.78 Å². The van der Waals surface area contributed by atoms with Crippen LogP contribution in [0, 0.1) is 17.0 Å². The molecule has 0 radical (unpaired) electrons. The fraction of sp³-hybridized carbons (Fsp3) is 0.455. The van der Waals surface area contributed by atoms with Gasteiger partial charge < -0.3 is 9.64 Å². The molecule has 3 aliphatic rings. The smallest absolute Gasteiger partial charge is 0.166 e. The highest BCUT2D eigenvalue weighted by Crippen LogP contribution is 2.58. The molecule has 0 unspecified atom stereocenters. The Morgan fingerprint density at radius 3 is 2.64 bits per heavy atom. The van der Waals surface area contributed by atoms with Crippen LogP contribution in [0.1, 0.15) is 44.6 Å². The van der Waals surface area contributed by atoms with Crippen molar-refractivity contribution in [2.75, 3.05) is 11.4 Å². The molecule has 3 nitrogen and oxygen atoms in total. The first-order valence-electron chi connectivity index (χ1n) is 9.97. The highest BCUT2D eigenvalue weighted by Gasteiger charge is 2.50. The van der Waals surface area contributed by atoms with E-state index in [1.807, 2.05) is 12.1 Å². The number of halogens is 2. The minimum atomic E-state index is -0.845. The average Bonchev–Trinajstić information content (AvgIpc) is 2.64. The van der Waals surface area contributed by atoms with Gasteiger partial charge in [0, 0.05) is 34.7 Å². The van der Waals surface area contributed by atoms with Gasteiger partial charge in [0.1, 0.15) is 12.4 Å². The van der Waals surface area contributed by atoms with Crippen molar-refractivity contribution >= 4 is 17.6 Å². The highest BCUT2D eigenvalue weighted by molar-refractivity contribution is 7.97. The van der Waals surface area contributed by atoms with Crippen LogP contribution in [0.5, 0.6) is 5.75 Å². The first kappa shape index (κ1) is 18.3. The molecule has 1 heterocycles. The van der Waals surface area contributed by atoms with Crippen LogP contribution in [0.4, 0.5) is 14.5 Å². The van der Waals surface area contributed by atoms with Gasteiger partial charge in [0.2, 0.25) is 0 Å². The van der Waals surface area contributed by atoms with Crippen LogP contribution in [-0.4, -0.2) is 12.6 Å². The molecule has 0 amide bonds. The molecular weight excluding hydrogens is 378 g/mol. The lowest BCUT2D eigenvalue weighted by Gasteiger charge is -2.57. The fourth-order valence-corrected chi connectivity index (χ4v) is 5.69. The van der Waals surface area contributed by atoms with Crippen molar-refractivity contribution in [2.45, 2.75) is 56.6 Å². The van der Waals surface area contributed by atoms with Gasteiger partial charge in [0.15, 0.2) is 11.6 Å². The van der Waals surface area contributed by atoms with E-state index in [1.54, 1.807) is 6.07 Å². The lowest BCUT2D eigenvalue weighted by atomic mass is 9.54. The molecule has 0 aromatic heterocycles. The van der Waals surface area contributed by atoms with Crippen molar-refractivity contribution < 1.29 is 13.5 Å². The van der Waals surface area contributed by atoms with E-state index in [1.165, 1.54) is 50.1 Å². The summed E-state index contributed by atoms with van der Waals surface area (Å²) in [5.41, 5.74) is 3.41. The van der Waals surface area contributed by atoms with Gasteiger partial charge in [-0.1, -0.05) is 12.5 Å². The first-order valence-corrected chi connectivity index (χ1v) is 10.8. The Morgan fingerprint density at radius 2 is 2.00 bits per heavy atom. The molecule has 2 fully saturated rings. The van der Waals surface area contributed by atoms with Crippen LogP contribution in [0.3, 0.4) is 0 Å². The van der Waals surface area contributed by atoms with Crippen LogP contribution in [0.15, 0.2) is 29.2 Å². The van der Waals surface area contributed by atoms with Crippen molar-refractivity contribution in [2.24, 2.45) is 10.6 Å². The summed E-state index contributed by atoms with van der Waals surface area (Å²) in [5, 5.41) is 6.02. The molecule has 5 rings (SSSR count). The standard InChI is InChI=1S/C22H24F2N2OS/c1-2-26(13-10-22(11-13)6-3-7-22)18-9-19-15(8-20(18)28-25)14-4-5-17(23)21(24)16(14)12-27-19/h4-5,8-9,13H,2-3,6-7,10-12,25H2,1H3. The zero-order chi connectivity index (χ0) is 19.5. The summed E-state index contributed by atoms with van der Waals surface area (Å²) in [5.74, 6) is -0.963. The summed E-state index contributed by atoms with van der Waals surface area (Å²) in [6, 6.07) is 7.34. The van der Waals surface area contributed by atoms with Crippen molar-refractivity contribution in [1.29, 1.82) is 0 Å². The van der Waals surface area contributed by atoms with Crippen LogP contribution < -0.4 is 14.8 Å². The minimum Gasteiger partial charge on any atom is -0.488 e. The molecule has 148 valence electrons. The van der Waals surface area contributed by atoms with Crippen LogP contribution in [-0.2, 0) is 6.61 Å². The summed E-state index contributed by atoms with van der Waals surface area (Å²) in [6.07, 6.45) is 6.60. The highest BCUT2D eigenvalue weighted by atomic mass is 32.2. The molecule has 2 aromatic rings. The van der Waals surface area contributed by atoms with Gasteiger partial charge >= 0.3 is 0 Å². The second kappa shape index (κ2) is 6.63. The number of nitrogens with zero attached hydrogens (tertiary/aromatic N) is 1. The summed E-state index contributed by atoms with van der Waals surface area (Å²) >= 11 is 1.20. The number of ether oxygens (including phenoxy) is 1. The predicted molar refractivity (Wildman–Crippen MR) is 108 cm³/mol. The summed E-state index contributed by atoms with van der Waals surface area (Å²) in [6.45, 7) is 3.12. The molecule has 1 spiro atoms. The maximum atomic E-state index is 14.2. The Kier molecular flexibility index (Phi) is 4.32. The average molecular weight is 403 g/mol. The van der Waals surface area contributed by atoms with Gasteiger partial charge in [-0.2, -0.15) is 0 Å². The predicted octanol–water partition coefficient (Wildman–Crippen LogP) is 5.65. The topological polar surface area (TPSA) is 38.5 Å². The molecule has 2 aromatic carbocycles. The van der Waals surface area contributed by atoms with Crippen LogP contribution in [0.2, 0.25) is 0 Å². The Balaban J connectivity index is 1.53. The van der Waals surface area contributed by atoms with Gasteiger partial charge in [0.25, 0.3) is 0 Å². The van der Waals surface area contributed by atoms with E-state index in [-0.39, 0.29) is 12.2 Å². The molecular formula is C22H24F2N2OS. The van der Waals surface area contributed by atoms with Crippen molar-refractivity contribution in [3.63, 3.8) is 0 Å². The lowest BCUT2D eigenvalue weighted by Crippen LogP contribution is -2.54. The lowest BCUT2D eigenvalue weighted by molar-refractivity contribution is 0.00893. The monoisotopic (exact) mass is 402 g/mol. The first-order chi connectivity index (χ1) is 13.5. The number of rotatable bonds is 4. The van der Waals surface area contributed by atoms with Gasteiger partial charge in [-0.15, -0.1) is 0 Å². The summed E-state index contributed by atoms with van der Waals surface area (Å²) < 4.78 is 33.7. The number of fused-ring (bicyclic) bond motifs is 3. The molecule has 0 saturated heterocycles. The maximum absolute atomic E-state index is 14.2. The third-order valence-electron chi connectivity index (χ3n) is 6.89. The molecule has 1 aliphatic heterocycles. The second-order valence-corrected chi connectivity index (χ2v) is 8.99. The van der Waals surface area contributed by atoms with E-state index in [0.29, 0.717) is 22.8 Å². The summed E-state index contributed by atoms with van der Waals surface area (Å²) in [7, 11) is 0. The van der Waals surface area contributed by atoms with Gasteiger partial charge in [-0.25, -0.2) is 8.78 Å². The van der Waals surface area contributed by atoms with Crippen LogP contribution in [0.25, 0.3) is 11.1 Å². The fourth-order valence-electron chi connectivity index (χ4n) is 5.20. The number of anilines is 1. The Morgan fingerprint density at radius 1 is 1.21 bits per heavy atom. The van der Waals surface area contributed by atoms with E-state index >= 15 is 0 Å². The molecule has 0 bridgehead atoms. The number of hydrogen-bond acceptors (Lipinski definition) is 4. The van der Waals surface area contributed by atoms with Gasteiger partial charge in [-0.3, -0.25) is 5.14 Å². The van der Waals surface area contributed by atoms with Gasteiger partial charge in [0.05, 0.1) is 5.69 Å². The largest absolute Gasteiger partial charge is 0.488 e. The van der Waals surface area contributed by atoms with E-state index in [2.05, 4.69) is 11.8 Å².